The van der Waals surface area contributed by atoms with E-state index in [4.69, 9.17) is 4.63 Å². The summed E-state index contributed by atoms with van der Waals surface area (Å²) in [5, 5.41) is 7.86. The van der Waals surface area contributed by atoms with Crippen LogP contribution < -0.4 is 0 Å². The number of fused-ring (bicyclic) bond motifs is 1. The number of nitrogens with zero attached hydrogens (tertiary/aromatic N) is 4. The van der Waals surface area contributed by atoms with Crippen LogP contribution in [0.15, 0.2) is 47.4 Å². The van der Waals surface area contributed by atoms with Gasteiger partial charge in [0, 0.05) is 25.0 Å². The first-order chi connectivity index (χ1) is 9.75. The van der Waals surface area contributed by atoms with Gasteiger partial charge < -0.3 is 0 Å². The van der Waals surface area contributed by atoms with Crippen LogP contribution in [0.5, 0.6) is 0 Å². The molecule has 2 aromatic heterocycles. The van der Waals surface area contributed by atoms with Gasteiger partial charge in [-0.1, -0.05) is 12.1 Å². The topological polar surface area (TPSA) is 55.1 Å². The summed E-state index contributed by atoms with van der Waals surface area (Å²) in [5.41, 5.74) is 3.99. The predicted octanol–water partition coefficient (Wildman–Crippen LogP) is 2.81. The quantitative estimate of drug-likeness (QED) is 0.728. The Hall–Kier alpha value is -2.27. The van der Waals surface area contributed by atoms with Crippen LogP contribution in [0.25, 0.3) is 11.0 Å². The van der Waals surface area contributed by atoms with E-state index in [9.17, 15) is 0 Å². The molecule has 102 valence electrons. The number of aromatic nitrogens is 3. The van der Waals surface area contributed by atoms with Gasteiger partial charge >= 0.3 is 0 Å². The fraction of sp³-hybridized carbons (Fsp3) is 0.267. The minimum absolute atomic E-state index is 0.299. The van der Waals surface area contributed by atoms with Gasteiger partial charge in [-0.2, -0.15) is 0 Å². The van der Waals surface area contributed by atoms with Gasteiger partial charge in [0.1, 0.15) is 11.0 Å². The minimum Gasteiger partial charge on any atom is -0.295 e. The molecule has 3 aromatic rings. The zero-order valence-electron chi connectivity index (χ0n) is 11.5. The Morgan fingerprint density at radius 3 is 2.75 bits per heavy atom. The highest BCUT2D eigenvalue weighted by molar-refractivity contribution is 5.76. The molecule has 0 aliphatic rings. The van der Waals surface area contributed by atoms with E-state index >= 15 is 0 Å². The van der Waals surface area contributed by atoms with E-state index in [1.807, 2.05) is 36.7 Å². The molecule has 0 saturated heterocycles. The van der Waals surface area contributed by atoms with Crippen molar-refractivity contribution in [3.63, 3.8) is 0 Å². The summed E-state index contributed by atoms with van der Waals surface area (Å²) in [4.78, 5) is 6.32. The van der Waals surface area contributed by atoms with Crippen LogP contribution in [-0.2, 0) is 6.54 Å². The average molecular weight is 268 g/mol. The van der Waals surface area contributed by atoms with Gasteiger partial charge in [-0.05, 0) is 53.6 Å². The third-order valence-electron chi connectivity index (χ3n) is 3.64. The van der Waals surface area contributed by atoms with E-state index in [0.29, 0.717) is 6.04 Å². The number of pyridine rings is 1. The first-order valence-corrected chi connectivity index (χ1v) is 6.56. The molecular weight excluding hydrogens is 252 g/mol. The lowest BCUT2D eigenvalue weighted by Crippen LogP contribution is -2.22. The lowest BCUT2D eigenvalue weighted by atomic mass is 10.1. The van der Waals surface area contributed by atoms with Gasteiger partial charge in [-0.15, -0.1) is 0 Å². The van der Waals surface area contributed by atoms with Crippen LogP contribution >= 0.6 is 0 Å². The van der Waals surface area contributed by atoms with E-state index in [0.717, 1.165) is 23.1 Å². The Morgan fingerprint density at radius 2 is 1.95 bits per heavy atom. The van der Waals surface area contributed by atoms with Crippen molar-refractivity contribution >= 4 is 11.0 Å². The van der Waals surface area contributed by atoms with Crippen molar-refractivity contribution in [2.45, 2.75) is 19.5 Å². The lowest BCUT2D eigenvalue weighted by Gasteiger charge is -2.25. The molecule has 20 heavy (non-hydrogen) atoms. The van der Waals surface area contributed by atoms with Gasteiger partial charge in [0.05, 0.1) is 0 Å². The maximum atomic E-state index is 4.81. The van der Waals surface area contributed by atoms with Crippen LogP contribution in [0.1, 0.15) is 24.1 Å². The summed E-state index contributed by atoms with van der Waals surface area (Å²) in [6, 6.07) is 10.3. The van der Waals surface area contributed by atoms with Crippen molar-refractivity contribution in [3.8, 4) is 0 Å². The van der Waals surface area contributed by atoms with Gasteiger partial charge in [0.25, 0.3) is 0 Å². The molecule has 5 nitrogen and oxygen atoms in total. The van der Waals surface area contributed by atoms with Gasteiger partial charge in [0.15, 0.2) is 0 Å². The number of rotatable bonds is 4. The van der Waals surface area contributed by atoms with E-state index in [-0.39, 0.29) is 0 Å². The van der Waals surface area contributed by atoms with Gasteiger partial charge in [-0.25, -0.2) is 4.63 Å². The molecule has 1 aromatic carbocycles. The molecule has 5 heteroatoms. The second kappa shape index (κ2) is 5.38. The summed E-state index contributed by atoms with van der Waals surface area (Å²) in [6.07, 6.45) is 3.64. The smallest absolute Gasteiger partial charge is 0.139 e. The van der Waals surface area contributed by atoms with Crippen molar-refractivity contribution in [1.29, 1.82) is 0 Å². The third-order valence-corrected chi connectivity index (χ3v) is 3.64. The third kappa shape index (κ3) is 2.40. The van der Waals surface area contributed by atoms with Crippen LogP contribution in [-0.4, -0.2) is 27.2 Å². The Morgan fingerprint density at radius 1 is 1.15 bits per heavy atom. The monoisotopic (exact) mass is 268 g/mol. The molecule has 0 fully saturated rings. The summed E-state index contributed by atoms with van der Waals surface area (Å²) in [6.45, 7) is 2.96. The first kappa shape index (κ1) is 12.7. The molecule has 0 saturated carbocycles. The van der Waals surface area contributed by atoms with E-state index in [2.05, 4.69) is 40.2 Å². The number of hydrogen-bond acceptors (Lipinski definition) is 5. The second-order valence-corrected chi connectivity index (χ2v) is 4.92. The fourth-order valence-corrected chi connectivity index (χ4v) is 2.29. The molecule has 1 atom stereocenters. The zero-order chi connectivity index (χ0) is 13.9. The predicted molar refractivity (Wildman–Crippen MR) is 75.9 cm³/mol. The summed E-state index contributed by atoms with van der Waals surface area (Å²) >= 11 is 0. The molecule has 3 rings (SSSR count). The Kier molecular flexibility index (Phi) is 3.43. The SMILES string of the molecule is CC(c1ccncc1)N(C)Cc1cccc2nonc12. The maximum absolute atomic E-state index is 4.81. The molecule has 0 amide bonds. The van der Waals surface area contributed by atoms with Crippen LogP contribution in [0, 0.1) is 0 Å². The van der Waals surface area contributed by atoms with Gasteiger partial charge in [0.2, 0.25) is 0 Å². The molecule has 1 unspecified atom stereocenters. The largest absolute Gasteiger partial charge is 0.295 e. The molecule has 0 aliphatic carbocycles. The molecule has 0 aliphatic heterocycles. The fourth-order valence-electron chi connectivity index (χ4n) is 2.29. The van der Waals surface area contributed by atoms with Crippen molar-refractivity contribution < 1.29 is 4.63 Å². The van der Waals surface area contributed by atoms with Crippen molar-refractivity contribution in [2.24, 2.45) is 0 Å². The first-order valence-electron chi connectivity index (χ1n) is 6.56. The summed E-state index contributed by atoms with van der Waals surface area (Å²) in [7, 11) is 2.09. The van der Waals surface area contributed by atoms with Crippen molar-refractivity contribution in [3.05, 3.63) is 53.9 Å². The summed E-state index contributed by atoms with van der Waals surface area (Å²) < 4.78 is 4.81. The van der Waals surface area contributed by atoms with E-state index in [1.165, 1.54) is 5.56 Å². The zero-order valence-corrected chi connectivity index (χ0v) is 11.5. The molecule has 0 spiro atoms. The highest BCUT2D eigenvalue weighted by Crippen LogP contribution is 2.22. The van der Waals surface area contributed by atoms with E-state index < -0.39 is 0 Å². The maximum Gasteiger partial charge on any atom is 0.139 e. The molecule has 0 radical (unpaired) electrons. The van der Waals surface area contributed by atoms with E-state index in [1.54, 1.807) is 0 Å². The van der Waals surface area contributed by atoms with Crippen LogP contribution in [0.3, 0.4) is 0 Å². The van der Waals surface area contributed by atoms with Gasteiger partial charge in [-0.3, -0.25) is 9.88 Å². The highest BCUT2D eigenvalue weighted by Gasteiger charge is 2.14. The van der Waals surface area contributed by atoms with Crippen molar-refractivity contribution in [1.82, 2.24) is 20.2 Å². The van der Waals surface area contributed by atoms with Crippen molar-refractivity contribution in [2.75, 3.05) is 7.05 Å². The lowest BCUT2D eigenvalue weighted by molar-refractivity contribution is 0.253. The molecule has 2 heterocycles. The normalized spacial score (nSPS) is 12.9. The summed E-state index contributed by atoms with van der Waals surface area (Å²) in [5.74, 6) is 0. The minimum atomic E-state index is 0.299. The van der Waals surface area contributed by atoms with Crippen LogP contribution in [0.4, 0.5) is 0 Å². The molecule has 0 N–H and O–H groups in total. The Bertz CT molecular complexity index is 695. The number of benzene rings is 1. The second-order valence-electron chi connectivity index (χ2n) is 4.92. The molecule has 0 bridgehead atoms. The Labute approximate surface area is 117 Å². The van der Waals surface area contributed by atoms with Crippen LogP contribution in [0.2, 0.25) is 0 Å². The highest BCUT2D eigenvalue weighted by atomic mass is 16.6. The Balaban J connectivity index is 1.82. The molecular formula is C15H16N4O. The number of hydrogen-bond donors (Lipinski definition) is 0. The standard InChI is InChI=1S/C15H16N4O/c1-11(12-6-8-16-9-7-12)19(2)10-13-4-3-5-14-15(13)18-20-17-14/h3-9,11H,10H2,1-2H3. The average Bonchev–Trinajstić information content (AvgIpc) is 2.97.